The molecule has 1 atom stereocenters. The van der Waals surface area contributed by atoms with Gasteiger partial charge in [-0.05, 0) is 23.8 Å². The summed E-state index contributed by atoms with van der Waals surface area (Å²) in [5, 5.41) is 0.569. The van der Waals surface area contributed by atoms with Gasteiger partial charge < -0.3 is 14.4 Å². The van der Waals surface area contributed by atoms with Crippen molar-refractivity contribution in [2.24, 2.45) is 5.92 Å². The Hall–Kier alpha value is -2.53. The lowest BCUT2D eigenvalue weighted by Crippen LogP contribution is -2.39. The van der Waals surface area contributed by atoms with Crippen LogP contribution in [0.3, 0.4) is 0 Å². The molecule has 6 heteroatoms. The van der Waals surface area contributed by atoms with Gasteiger partial charge in [0, 0.05) is 18.1 Å². The number of benzene rings is 2. The molecule has 1 amide bonds. The van der Waals surface area contributed by atoms with E-state index in [1.54, 1.807) is 30.0 Å². The Bertz CT molecular complexity index is 736. The Morgan fingerprint density at radius 3 is 2.38 bits per heavy atom. The van der Waals surface area contributed by atoms with Crippen molar-refractivity contribution in [2.75, 3.05) is 20.3 Å². The van der Waals surface area contributed by atoms with E-state index < -0.39 is 5.92 Å². The van der Waals surface area contributed by atoms with Gasteiger partial charge in [-0.2, -0.15) is 0 Å². The fourth-order valence-electron chi connectivity index (χ4n) is 2.45. The van der Waals surface area contributed by atoms with Gasteiger partial charge in [-0.15, -0.1) is 0 Å². The third-order valence-electron chi connectivity index (χ3n) is 3.88. The van der Waals surface area contributed by atoms with Crippen LogP contribution in [0.2, 0.25) is 5.02 Å². The number of amides is 1. The number of ether oxygens (including phenoxy) is 2. The molecule has 0 aliphatic carbocycles. The van der Waals surface area contributed by atoms with Gasteiger partial charge >= 0.3 is 5.97 Å². The first-order valence-corrected chi connectivity index (χ1v) is 8.66. The van der Waals surface area contributed by atoms with Gasteiger partial charge in [-0.3, -0.25) is 9.59 Å². The summed E-state index contributed by atoms with van der Waals surface area (Å²) in [6.45, 7) is 2.10. The lowest BCUT2D eigenvalue weighted by atomic mass is 10.1. The van der Waals surface area contributed by atoms with Gasteiger partial charge in [0.2, 0.25) is 0 Å². The monoisotopic (exact) mass is 375 g/mol. The molecule has 0 fully saturated rings. The van der Waals surface area contributed by atoms with Crippen LogP contribution in [0.4, 0.5) is 0 Å². The summed E-state index contributed by atoms with van der Waals surface area (Å²) >= 11 is 6.21. The van der Waals surface area contributed by atoms with Crippen LogP contribution in [0.15, 0.2) is 54.6 Å². The number of nitrogens with zero attached hydrogens (tertiary/aromatic N) is 1. The maximum absolute atomic E-state index is 12.7. The zero-order chi connectivity index (χ0) is 18.9. The first-order valence-electron chi connectivity index (χ1n) is 8.28. The molecule has 0 N–H and O–H groups in total. The second-order valence-corrected chi connectivity index (χ2v) is 6.30. The average Bonchev–Trinajstić information content (AvgIpc) is 2.67. The van der Waals surface area contributed by atoms with Crippen LogP contribution in [-0.4, -0.2) is 37.0 Å². The zero-order valence-electron chi connectivity index (χ0n) is 14.9. The molecule has 0 aromatic heterocycles. The van der Waals surface area contributed by atoms with Gasteiger partial charge in [0.25, 0.3) is 5.91 Å². The maximum atomic E-state index is 12.7. The normalized spacial score (nSPS) is 11.5. The molecule has 0 aliphatic rings. The van der Waals surface area contributed by atoms with E-state index in [9.17, 15) is 9.59 Å². The van der Waals surface area contributed by atoms with Crippen LogP contribution >= 0.6 is 11.6 Å². The molecule has 0 saturated carbocycles. The topological polar surface area (TPSA) is 55.8 Å². The largest absolute Gasteiger partial charge is 0.484 e. The molecule has 2 rings (SSSR count). The zero-order valence-corrected chi connectivity index (χ0v) is 15.6. The first-order chi connectivity index (χ1) is 12.5. The van der Waals surface area contributed by atoms with Gasteiger partial charge in [0.1, 0.15) is 5.75 Å². The van der Waals surface area contributed by atoms with E-state index in [1.165, 1.54) is 7.11 Å². The van der Waals surface area contributed by atoms with Crippen molar-refractivity contribution in [1.82, 2.24) is 4.90 Å². The Labute approximate surface area is 158 Å². The third-order valence-corrected chi connectivity index (χ3v) is 4.24. The minimum Gasteiger partial charge on any atom is -0.484 e. The summed E-state index contributed by atoms with van der Waals surface area (Å²) in [7, 11) is 1.33. The van der Waals surface area contributed by atoms with E-state index in [4.69, 9.17) is 21.1 Å². The van der Waals surface area contributed by atoms with Crippen molar-refractivity contribution in [2.45, 2.75) is 13.5 Å². The highest BCUT2D eigenvalue weighted by atomic mass is 35.5. The van der Waals surface area contributed by atoms with E-state index in [1.807, 2.05) is 36.4 Å². The molecule has 5 nitrogen and oxygen atoms in total. The average molecular weight is 376 g/mol. The molecule has 0 aliphatic heterocycles. The number of rotatable bonds is 8. The summed E-state index contributed by atoms with van der Waals surface area (Å²) < 4.78 is 10.3. The second-order valence-electron chi connectivity index (χ2n) is 5.89. The van der Waals surface area contributed by atoms with E-state index in [0.29, 0.717) is 10.8 Å². The quantitative estimate of drug-likeness (QED) is 0.662. The molecular weight excluding hydrogens is 354 g/mol. The standard InChI is InChI=1S/C20H22ClNO4/c1-15(20(24)25-2)12-22(13-16-8-6-7-11-18(16)21)19(23)14-26-17-9-4-3-5-10-17/h3-11,15H,12-14H2,1-2H3. The highest BCUT2D eigenvalue weighted by molar-refractivity contribution is 6.31. The number of carbonyl (C=O) groups excluding carboxylic acids is 2. The molecule has 2 aromatic carbocycles. The summed E-state index contributed by atoms with van der Waals surface area (Å²) in [6, 6.07) is 16.4. The van der Waals surface area contributed by atoms with Crippen molar-refractivity contribution in [1.29, 1.82) is 0 Å². The number of esters is 1. The van der Waals surface area contributed by atoms with Gasteiger partial charge in [-0.25, -0.2) is 0 Å². The van der Waals surface area contributed by atoms with Crippen molar-refractivity contribution in [3.8, 4) is 5.75 Å². The summed E-state index contributed by atoms with van der Waals surface area (Å²) in [6.07, 6.45) is 0. The van der Waals surface area contributed by atoms with E-state index in [0.717, 1.165) is 5.56 Å². The van der Waals surface area contributed by atoms with Gasteiger partial charge in [0.15, 0.2) is 6.61 Å². The fourth-order valence-corrected chi connectivity index (χ4v) is 2.64. The number of halogens is 1. The molecule has 1 unspecified atom stereocenters. The summed E-state index contributed by atoms with van der Waals surface area (Å²) in [5.41, 5.74) is 0.805. The third kappa shape index (κ3) is 5.77. The molecule has 0 radical (unpaired) electrons. The Balaban J connectivity index is 2.09. The van der Waals surface area contributed by atoms with Crippen molar-refractivity contribution >= 4 is 23.5 Å². The van der Waals surface area contributed by atoms with Crippen LogP contribution in [0.5, 0.6) is 5.75 Å². The maximum Gasteiger partial charge on any atom is 0.310 e. The molecule has 0 spiro atoms. The van der Waals surface area contributed by atoms with E-state index >= 15 is 0 Å². The van der Waals surface area contributed by atoms with E-state index in [2.05, 4.69) is 0 Å². The highest BCUT2D eigenvalue weighted by Gasteiger charge is 2.22. The smallest absolute Gasteiger partial charge is 0.310 e. The Morgan fingerprint density at radius 1 is 1.08 bits per heavy atom. The Kier molecular flexibility index (Phi) is 7.48. The lowest BCUT2D eigenvalue weighted by molar-refractivity contribution is -0.147. The van der Waals surface area contributed by atoms with Crippen LogP contribution < -0.4 is 4.74 Å². The molecule has 26 heavy (non-hydrogen) atoms. The molecule has 138 valence electrons. The van der Waals surface area contributed by atoms with Gasteiger partial charge in [-0.1, -0.05) is 54.9 Å². The van der Waals surface area contributed by atoms with Crippen molar-refractivity contribution in [3.63, 3.8) is 0 Å². The number of hydrogen-bond donors (Lipinski definition) is 0. The predicted molar refractivity (Wildman–Crippen MR) is 100.0 cm³/mol. The van der Waals surface area contributed by atoms with Crippen LogP contribution in [0.1, 0.15) is 12.5 Å². The van der Waals surface area contributed by atoms with Gasteiger partial charge in [0.05, 0.1) is 13.0 Å². The van der Waals surface area contributed by atoms with Crippen molar-refractivity contribution < 1.29 is 19.1 Å². The van der Waals surface area contributed by atoms with E-state index in [-0.39, 0.29) is 31.6 Å². The van der Waals surface area contributed by atoms with Crippen molar-refractivity contribution in [3.05, 3.63) is 65.2 Å². The molecular formula is C20H22ClNO4. The molecule has 0 bridgehead atoms. The van der Waals surface area contributed by atoms with Crippen LogP contribution in [0, 0.1) is 5.92 Å². The number of hydrogen-bond acceptors (Lipinski definition) is 4. The number of carbonyl (C=O) groups is 2. The number of methoxy groups -OCH3 is 1. The Morgan fingerprint density at radius 2 is 1.73 bits per heavy atom. The lowest BCUT2D eigenvalue weighted by Gasteiger charge is -2.25. The second kappa shape index (κ2) is 9.82. The fraction of sp³-hybridized carbons (Fsp3) is 0.300. The summed E-state index contributed by atoms with van der Waals surface area (Å²) in [4.78, 5) is 26.0. The van der Waals surface area contributed by atoms with Crippen LogP contribution in [0.25, 0.3) is 0 Å². The van der Waals surface area contributed by atoms with Crippen LogP contribution in [-0.2, 0) is 20.9 Å². The predicted octanol–water partition coefficient (Wildman–Crippen LogP) is 3.56. The number of para-hydroxylation sites is 1. The highest BCUT2D eigenvalue weighted by Crippen LogP contribution is 2.18. The minimum absolute atomic E-state index is 0.123. The first kappa shape index (κ1) is 19.8. The minimum atomic E-state index is -0.455. The molecule has 0 heterocycles. The summed E-state index contributed by atoms with van der Waals surface area (Å²) in [5.74, 6) is -0.446. The SMILES string of the molecule is COC(=O)C(C)CN(Cc1ccccc1Cl)C(=O)COc1ccccc1. The molecule has 2 aromatic rings. The molecule has 0 saturated heterocycles.